The van der Waals surface area contributed by atoms with Gasteiger partial charge in [0.25, 0.3) is 11.7 Å². The SMILES string of the molecule is CCOc1cccc(/C(O)=C2\C(=O)C(=O)N(c3ccc(C)cc3C)C2c2ccncc2)c1. The summed E-state index contributed by atoms with van der Waals surface area (Å²) in [6, 6.07) is 15.3. The lowest BCUT2D eigenvalue weighted by molar-refractivity contribution is -0.132. The van der Waals surface area contributed by atoms with Gasteiger partial charge in [-0.2, -0.15) is 0 Å². The molecule has 6 nitrogen and oxygen atoms in total. The number of amides is 1. The zero-order valence-corrected chi connectivity index (χ0v) is 18.2. The molecular weight excluding hydrogens is 404 g/mol. The van der Waals surface area contributed by atoms with Crippen molar-refractivity contribution in [3.8, 4) is 5.75 Å². The van der Waals surface area contributed by atoms with E-state index in [0.717, 1.165) is 11.1 Å². The van der Waals surface area contributed by atoms with Gasteiger partial charge in [0, 0.05) is 23.6 Å². The van der Waals surface area contributed by atoms with Crippen molar-refractivity contribution in [1.82, 2.24) is 4.98 Å². The van der Waals surface area contributed by atoms with Crippen LogP contribution in [0.15, 0.2) is 72.6 Å². The molecule has 1 aliphatic rings. The monoisotopic (exact) mass is 428 g/mol. The van der Waals surface area contributed by atoms with E-state index in [4.69, 9.17) is 4.74 Å². The average Bonchev–Trinajstić information content (AvgIpc) is 3.05. The van der Waals surface area contributed by atoms with Crippen LogP contribution >= 0.6 is 0 Å². The van der Waals surface area contributed by atoms with Crippen molar-refractivity contribution in [3.05, 3.63) is 94.8 Å². The zero-order chi connectivity index (χ0) is 22.8. The molecule has 6 heteroatoms. The van der Waals surface area contributed by atoms with Crippen LogP contribution in [0.4, 0.5) is 5.69 Å². The van der Waals surface area contributed by atoms with Gasteiger partial charge < -0.3 is 9.84 Å². The number of hydrogen-bond acceptors (Lipinski definition) is 5. The fourth-order valence-electron chi connectivity index (χ4n) is 4.07. The Kier molecular flexibility index (Phi) is 5.77. The number of benzene rings is 2. The van der Waals surface area contributed by atoms with E-state index in [-0.39, 0.29) is 11.3 Å². The predicted molar refractivity (Wildman–Crippen MR) is 123 cm³/mol. The molecule has 1 fully saturated rings. The number of hydrogen-bond donors (Lipinski definition) is 1. The Labute approximate surface area is 186 Å². The van der Waals surface area contributed by atoms with Crippen LogP contribution in [0.25, 0.3) is 5.76 Å². The summed E-state index contributed by atoms with van der Waals surface area (Å²) in [5.74, 6) is -1.08. The number of aliphatic hydroxyl groups is 1. The number of rotatable bonds is 5. The molecule has 162 valence electrons. The molecule has 2 aromatic carbocycles. The molecule has 0 bridgehead atoms. The van der Waals surface area contributed by atoms with Gasteiger partial charge in [0.1, 0.15) is 11.5 Å². The van der Waals surface area contributed by atoms with Gasteiger partial charge in [0.15, 0.2) is 0 Å². The van der Waals surface area contributed by atoms with E-state index >= 15 is 0 Å². The number of aromatic nitrogens is 1. The molecule has 0 saturated carbocycles. The Bertz CT molecular complexity index is 1220. The lowest BCUT2D eigenvalue weighted by atomic mass is 9.95. The highest BCUT2D eigenvalue weighted by molar-refractivity contribution is 6.51. The summed E-state index contributed by atoms with van der Waals surface area (Å²) < 4.78 is 5.53. The van der Waals surface area contributed by atoms with Gasteiger partial charge in [-0.25, -0.2) is 0 Å². The summed E-state index contributed by atoms with van der Waals surface area (Å²) in [4.78, 5) is 32.0. The Morgan fingerprint density at radius 1 is 1.06 bits per heavy atom. The topological polar surface area (TPSA) is 79.7 Å². The minimum atomic E-state index is -0.782. The second kappa shape index (κ2) is 8.67. The van der Waals surface area contributed by atoms with E-state index in [2.05, 4.69) is 4.98 Å². The number of Topliss-reactive ketones (excluding diaryl/α,β-unsaturated/α-hetero) is 1. The van der Waals surface area contributed by atoms with Crippen LogP contribution in [0, 0.1) is 13.8 Å². The third kappa shape index (κ3) is 3.75. The van der Waals surface area contributed by atoms with Crippen LogP contribution in [-0.2, 0) is 9.59 Å². The standard InChI is InChI=1S/C26H24N2O4/c1-4-32-20-7-5-6-19(15-20)24(29)22-23(18-10-12-27-13-11-18)28(26(31)25(22)30)21-9-8-16(2)14-17(21)3/h5-15,23,29H,4H2,1-3H3/b24-22+. The highest BCUT2D eigenvalue weighted by Crippen LogP contribution is 2.43. The number of aryl methyl sites for hydroxylation is 2. The third-order valence-electron chi connectivity index (χ3n) is 5.50. The van der Waals surface area contributed by atoms with Gasteiger partial charge in [-0.15, -0.1) is 0 Å². The molecule has 4 rings (SSSR count). The summed E-state index contributed by atoms with van der Waals surface area (Å²) in [6.07, 6.45) is 3.21. The van der Waals surface area contributed by atoms with E-state index in [9.17, 15) is 14.7 Å². The van der Waals surface area contributed by atoms with Crippen molar-refractivity contribution in [2.45, 2.75) is 26.8 Å². The summed E-state index contributed by atoms with van der Waals surface area (Å²) >= 11 is 0. The second-order valence-electron chi connectivity index (χ2n) is 7.70. The highest BCUT2D eigenvalue weighted by atomic mass is 16.5. The van der Waals surface area contributed by atoms with Gasteiger partial charge in [-0.1, -0.05) is 29.8 Å². The molecule has 3 aromatic rings. The normalized spacial score (nSPS) is 17.6. The molecule has 1 amide bonds. The van der Waals surface area contributed by atoms with Crippen LogP contribution < -0.4 is 9.64 Å². The maximum Gasteiger partial charge on any atom is 0.300 e. The fraction of sp³-hybridized carbons (Fsp3) is 0.192. The lowest BCUT2D eigenvalue weighted by Crippen LogP contribution is -2.30. The molecular formula is C26H24N2O4. The molecule has 1 aliphatic heterocycles. The van der Waals surface area contributed by atoms with Crippen LogP contribution in [0.5, 0.6) is 5.75 Å². The number of aliphatic hydroxyl groups excluding tert-OH is 1. The van der Waals surface area contributed by atoms with Gasteiger partial charge in [-0.3, -0.25) is 19.5 Å². The van der Waals surface area contributed by atoms with Crippen molar-refractivity contribution in [2.24, 2.45) is 0 Å². The molecule has 1 saturated heterocycles. The average molecular weight is 428 g/mol. The number of ether oxygens (including phenoxy) is 1. The van der Waals surface area contributed by atoms with Crippen molar-refractivity contribution in [3.63, 3.8) is 0 Å². The number of carbonyl (C=O) groups excluding carboxylic acids is 2. The number of anilines is 1. The Hall–Kier alpha value is -3.93. The Balaban J connectivity index is 1.93. The summed E-state index contributed by atoms with van der Waals surface area (Å²) in [5, 5.41) is 11.2. The van der Waals surface area contributed by atoms with E-state index in [1.54, 1.807) is 48.8 Å². The number of ketones is 1. The predicted octanol–water partition coefficient (Wildman–Crippen LogP) is 4.72. The van der Waals surface area contributed by atoms with Crippen molar-refractivity contribution >= 4 is 23.1 Å². The third-order valence-corrected chi connectivity index (χ3v) is 5.50. The summed E-state index contributed by atoms with van der Waals surface area (Å²) in [6.45, 7) is 6.21. The molecule has 1 N–H and O–H groups in total. The van der Waals surface area contributed by atoms with Gasteiger partial charge >= 0.3 is 0 Å². The quantitative estimate of drug-likeness (QED) is 0.361. The van der Waals surface area contributed by atoms with Gasteiger partial charge in [0.2, 0.25) is 0 Å². The summed E-state index contributed by atoms with van der Waals surface area (Å²) in [5.41, 5.74) is 3.67. The maximum absolute atomic E-state index is 13.2. The Morgan fingerprint density at radius 3 is 2.50 bits per heavy atom. The van der Waals surface area contributed by atoms with Crippen LogP contribution in [0.3, 0.4) is 0 Å². The smallest absolute Gasteiger partial charge is 0.300 e. The van der Waals surface area contributed by atoms with Crippen molar-refractivity contribution in [1.29, 1.82) is 0 Å². The second-order valence-corrected chi connectivity index (χ2v) is 7.70. The molecule has 32 heavy (non-hydrogen) atoms. The van der Waals surface area contributed by atoms with Gasteiger partial charge in [0.05, 0.1) is 18.2 Å². The first-order chi connectivity index (χ1) is 15.4. The first-order valence-corrected chi connectivity index (χ1v) is 10.4. The van der Waals surface area contributed by atoms with Crippen LogP contribution in [0.2, 0.25) is 0 Å². The van der Waals surface area contributed by atoms with Crippen LogP contribution in [-0.4, -0.2) is 28.4 Å². The molecule has 1 unspecified atom stereocenters. The number of nitrogens with zero attached hydrogens (tertiary/aromatic N) is 2. The van der Waals surface area contributed by atoms with E-state index in [1.807, 2.05) is 39.0 Å². The molecule has 1 atom stereocenters. The van der Waals surface area contributed by atoms with Crippen LogP contribution in [0.1, 0.15) is 35.2 Å². The largest absolute Gasteiger partial charge is 0.507 e. The first kappa shape index (κ1) is 21.3. The molecule has 0 radical (unpaired) electrons. The van der Waals surface area contributed by atoms with Crippen molar-refractivity contribution in [2.75, 3.05) is 11.5 Å². The first-order valence-electron chi connectivity index (χ1n) is 10.4. The maximum atomic E-state index is 13.2. The zero-order valence-electron chi connectivity index (χ0n) is 18.2. The highest BCUT2D eigenvalue weighted by Gasteiger charge is 2.47. The lowest BCUT2D eigenvalue weighted by Gasteiger charge is -2.27. The minimum absolute atomic E-state index is 0.0369. The molecule has 0 spiro atoms. The Morgan fingerprint density at radius 2 is 1.81 bits per heavy atom. The van der Waals surface area contributed by atoms with Gasteiger partial charge in [-0.05, 0) is 62.2 Å². The number of pyridine rings is 1. The molecule has 2 heterocycles. The number of carbonyl (C=O) groups is 2. The fourth-order valence-corrected chi connectivity index (χ4v) is 4.07. The molecule has 1 aromatic heterocycles. The summed E-state index contributed by atoms with van der Waals surface area (Å²) in [7, 11) is 0. The van der Waals surface area contributed by atoms with E-state index < -0.39 is 17.7 Å². The molecule has 0 aliphatic carbocycles. The van der Waals surface area contributed by atoms with Crippen molar-refractivity contribution < 1.29 is 19.4 Å². The van der Waals surface area contributed by atoms with E-state index in [1.165, 1.54) is 4.90 Å². The van der Waals surface area contributed by atoms with E-state index in [0.29, 0.717) is 29.2 Å². The minimum Gasteiger partial charge on any atom is -0.507 e.